The maximum absolute atomic E-state index is 11.7. The summed E-state index contributed by atoms with van der Waals surface area (Å²) in [5, 5.41) is 4.68. The molecule has 1 rings (SSSR count). The highest BCUT2D eigenvalue weighted by atomic mass is 16.5. The van der Waals surface area contributed by atoms with Crippen molar-refractivity contribution in [2.24, 2.45) is 5.92 Å². The van der Waals surface area contributed by atoms with Crippen LogP contribution in [-0.2, 0) is 14.3 Å². The second kappa shape index (κ2) is 8.31. The van der Waals surface area contributed by atoms with E-state index in [2.05, 4.69) is 17.2 Å². The fraction of sp³-hybridized carbons (Fsp3) is 0.615. The van der Waals surface area contributed by atoms with Gasteiger partial charge in [0, 0.05) is 13.1 Å². The summed E-state index contributed by atoms with van der Waals surface area (Å²) in [6.45, 7) is 5.06. The normalized spacial score (nSPS) is 18.9. The van der Waals surface area contributed by atoms with Crippen LogP contribution in [0.2, 0.25) is 0 Å². The molecule has 1 aliphatic heterocycles. The first-order valence-electron chi connectivity index (χ1n) is 6.55. The lowest BCUT2D eigenvalue weighted by atomic mass is 9.98. The molecule has 0 aliphatic carbocycles. The van der Waals surface area contributed by atoms with Gasteiger partial charge in [-0.1, -0.05) is 6.08 Å². The van der Waals surface area contributed by atoms with E-state index < -0.39 is 11.9 Å². The van der Waals surface area contributed by atoms with Crippen molar-refractivity contribution in [3.8, 4) is 0 Å². The first-order valence-corrected chi connectivity index (χ1v) is 6.55. The van der Waals surface area contributed by atoms with E-state index in [1.807, 2.05) is 4.90 Å². The summed E-state index contributed by atoms with van der Waals surface area (Å²) in [6.07, 6.45) is 3.12. The number of ether oxygens (including phenoxy) is 1. The molecule has 0 aromatic heterocycles. The van der Waals surface area contributed by atoms with Crippen molar-refractivity contribution in [2.75, 3.05) is 33.3 Å². The maximum atomic E-state index is 11.7. The van der Waals surface area contributed by atoms with Gasteiger partial charge in [-0.05, 0) is 19.4 Å². The average molecular weight is 283 g/mol. The predicted octanol–water partition coefficient (Wildman–Crippen LogP) is -0.117. The van der Waals surface area contributed by atoms with Crippen molar-refractivity contribution in [3.05, 3.63) is 12.7 Å². The Morgan fingerprint density at radius 2 is 2.20 bits per heavy atom. The van der Waals surface area contributed by atoms with Crippen LogP contribution in [0.3, 0.4) is 0 Å². The molecule has 0 aromatic rings. The van der Waals surface area contributed by atoms with Crippen molar-refractivity contribution >= 4 is 17.9 Å². The number of imide groups is 1. The molecule has 1 saturated heterocycles. The number of nitrogens with one attached hydrogen (secondary N) is 2. The first-order chi connectivity index (χ1) is 9.56. The summed E-state index contributed by atoms with van der Waals surface area (Å²) in [4.78, 5) is 36.3. The van der Waals surface area contributed by atoms with Crippen LogP contribution in [0.1, 0.15) is 12.8 Å². The third-order valence-corrected chi connectivity index (χ3v) is 3.07. The van der Waals surface area contributed by atoms with E-state index in [9.17, 15) is 14.4 Å². The van der Waals surface area contributed by atoms with E-state index in [1.54, 1.807) is 0 Å². The lowest BCUT2D eigenvalue weighted by Gasteiger charge is -2.30. The lowest BCUT2D eigenvalue weighted by molar-refractivity contribution is -0.147. The SMILES string of the molecule is C=CCNC(=O)NC(=O)CN1CCCC(C(=O)OC)C1. The molecule has 0 spiro atoms. The number of nitrogens with zero attached hydrogens (tertiary/aromatic N) is 1. The van der Waals surface area contributed by atoms with E-state index >= 15 is 0 Å². The van der Waals surface area contributed by atoms with Crippen molar-refractivity contribution in [2.45, 2.75) is 12.8 Å². The van der Waals surface area contributed by atoms with E-state index in [4.69, 9.17) is 4.74 Å². The summed E-state index contributed by atoms with van der Waals surface area (Å²) in [5.74, 6) is -0.841. The van der Waals surface area contributed by atoms with Crippen LogP contribution in [0, 0.1) is 5.92 Å². The largest absolute Gasteiger partial charge is 0.469 e. The highest BCUT2D eigenvalue weighted by Gasteiger charge is 2.27. The Hall–Kier alpha value is -1.89. The Balaban J connectivity index is 2.35. The van der Waals surface area contributed by atoms with Crippen LogP contribution < -0.4 is 10.6 Å². The molecule has 0 radical (unpaired) electrons. The number of amides is 3. The van der Waals surface area contributed by atoms with Crippen LogP contribution in [-0.4, -0.2) is 56.1 Å². The number of esters is 1. The zero-order valence-corrected chi connectivity index (χ0v) is 11.7. The fourth-order valence-corrected chi connectivity index (χ4v) is 2.14. The Morgan fingerprint density at radius 1 is 1.45 bits per heavy atom. The maximum Gasteiger partial charge on any atom is 0.321 e. The molecule has 0 aromatic carbocycles. The van der Waals surface area contributed by atoms with E-state index in [-0.39, 0.29) is 18.4 Å². The summed E-state index contributed by atoms with van der Waals surface area (Å²) in [6, 6.07) is -0.545. The molecule has 7 heteroatoms. The number of methoxy groups -OCH3 is 1. The summed E-state index contributed by atoms with van der Waals surface area (Å²) < 4.78 is 4.71. The average Bonchev–Trinajstić information content (AvgIpc) is 2.44. The Labute approximate surface area is 118 Å². The highest BCUT2D eigenvalue weighted by Crippen LogP contribution is 2.17. The van der Waals surface area contributed by atoms with E-state index in [1.165, 1.54) is 13.2 Å². The number of likely N-dealkylation sites (tertiary alicyclic amines) is 1. The van der Waals surface area contributed by atoms with E-state index in [0.717, 1.165) is 19.4 Å². The van der Waals surface area contributed by atoms with Crippen LogP contribution in [0.5, 0.6) is 0 Å². The minimum Gasteiger partial charge on any atom is -0.469 e. The molecule has 0 bridgehead atoms. The number of piperidine rings is 1. The number of hydrogen-bond donors (Lipinski definition) is 2. The second-order valence-electron chi connectivity index (χ2n) is 4.64. The van der Waals surface area contributed by atoms with Gasteiger partial charge < -0.3 is 10.1 Å². The van der Waals surface area contributed by atoms with Crippen LogP contribution in [0.15, 0.2) is 12.7 Å². The Bertz CT molecular complexity index is 384. The van der Waals surface area contributed by atoms with Crippen molar-refractivity contribution < 1.29 is 19.1 Å². The topological polar surface area (TPSA) is 87.7 Å². The molecule has 1 unspecified atom stereocenters. The standard InChI is InChI=1S/C13H21N3O4/c1-3-6-14-13(19)15-11(17)9-16-7-4-5-10(8-16)12(18)20-2/h3,10H,1,4-9H2,2H3,(H2,14,15,17,19). The lowest BCUT2D eigenvalue weighted by Crippen LogP contribution is -2.47. The third kappa shape index (κ3) is 5.40. The smallest absolute Gasteiger partial charge is 0.321 e. The molecule has 112 valence electrons. The van der Waals surface area contributed by atoms with Gasteiger partial charge >= 0.3 is 12.0 Å². The van der Waals surface area contributed by atoms with Crippen molar-refractivity contribution in [1.82, 2.24) is 15.5 Å². The van der Waals surface area contributed by atoms with Gasteiger partial charge in [-0.3, -0.25) is 19.8 Å². The fourth-order valence-electron chi connectivity index (χ4n) is 2.14. The molecule has 7 nitrogen and oxygen atoms in total. The molecular weight excluding hydrogens is 262 g/mol. The van der Waals surface area contributed by atoms with E-state index in [0.29, 0.717) is 13.1 Å². The number of carbonyl (C=O) groups excluding carboxylic acids is 3. The Morgan fingerprint density at radius 3 is 2.85 bits per heavy atom. The van der Waals surface area contributed by atoms with Gasteiger partial charge in [-0.2, -0.15) is 0 Å². The number of hydrogen-bond acceptors (Lipinski definition) is 5. The first kappa shape index (κ1) is 16.2. The minimum absolute atomic E-state index is 0.0923. The highest BCUT2D eigenvalue weighted by molar-refractivity contribution is 5.95. The summed E-state index contributed by atoms with van der Waals surface area (Å²) in [5.41, 5.74) is 0. The minimum atomic E-state index is -0.545. The van der Waals surface area contributed by atoms with Crippen LogP contribution in [0.25, 0.3) is 0 Å². The molecule has 20 heavy (non-hydrogen) atoms. The molecule has 2 N–H and O–H groups in total. The van der Waals surface area contributed by atoms with Gasteiger partial charge in [0.1, 0.15) is 0 Å². The van der Waals surface area contributed by atoms with Crippen molar-refractivity contribution in [3.63, 3.8) is 0 Å². The van der Waals surface area contributed by atoms with Gasteiger partial charge in [0.15, 0.2) is 0 Å². The van der Waals surface area contributed by atoms with Crippen LogP contribution >= 0.6 is 0 Å². The number of rotatable bonds is 5. The molecule has 1 heterocycles. The Kier molecular flexibility index (Phi) is 6.72. The van der Waals surface area contributed by atoms with Gasteiger partial charge in [0.05, 0.1) is 19.6 Å². The third-order valence-electron chi connectivity index (χ3n) is 3.07. The van der Waals surface area contributed by atoms with Gasteiger partial charge in [-0.25, -0.2) is 4.79 Å². The molecule has 3 amide bonds. The summed E-state index contributed by atoms with van der Waals surface area (Å²) in [7, 11) is 1.36. The number of urea groups is 1. The summed E-state index contributed by atoms with van der Waals surface area (Å²) >= 11 is 0. The monoisotopic (exact) mass is 283 g/mol. The molecule has 1 atom stereocenters. The molecule has 1 aliphatic rings. The molecule has 0 saturated carbocycles. The van der Waals surface area contributed by atoms with Gasteiger partial charge in [0.2, 0.25) is 5.91 Å². The zero-order valence-electron chi connectivity index (χ0n) is 11.7. The quantitative estimate of drug-likeness (QED) is 0.542. The molecular formula is C13H21N3O4. The predicted molar refractivity (Wildman–Crippen MR) is 72.9 cm³/mol. The molecule has 1 fully saturated rings. The van der Waals surface area contributed by atoms with Crippen LogP contribution in [0.4, 0.5) is 4.79 Å². The second-order valence-corrected chi connectivity index (χ2v) is 4.64. The number of carbonyl (C=O) groups is 3. The van der Waals surface area contributed by atoms with Gasteiger partial charge in [-0.15, -0.1) is 6.58 Å². The van der Waals surface area contributed by atoms with Gasteiger partial charge in [0.25, 0.3) is 0 Å². The zero-order chi connectivity index (χ0) is 15.0. The van der Waals surface area contributed by atoms with Crippen molar-refractivity contribution in [1.29, 1.82) is 0 Å².